The van der Waals surface area contributed by atoms with E-state index in [2.05, 4.69) is 34.5 Å². The minimum Gasteiger partial charge on any atom is -0.303 e. The third-order valence-electron chi connectivity index (χ3n) is 7.25. The van der Waals surface area contributed by atoms with E-state index < -0.39 is 0 Å². The highest BCUT2D eigenvalue weighted by Crippen LogP contribution is 2.30. The summed E-state index contributed by atoms with van der Waals surface area (Å²) in [7, 11) is 1.88. The number of likely N-dealkylation sites (N-methyl/N-ethyl adjacent to an activating group) is 1. The van der Waals surface area contributed by atoms with Crippen LogP contribution in [0.4, 0.5) is 0 Å². The van der Waals surface area contributed by atoms with E-state index >= 15 is 0 Å². The fourth-order valence-electron chi connectivity index (χ4n) is 5.11. The van der Waals surface area contributed by atoms with Crippen LogP contribution in [0.3, 0.4) is 0 Å². The van der Waals surface area contributed by atoms with Gasteiger partial charge in [0.2, 0.25) is 11.8 Å². The molecule has 2 aliphatic heterocycles. The number of carbonyl (C=O) groups is 3. The van der Waals surface area contributed by atoms with Crippen molar-refractivity contribution in [3.05, 3.63) is 64.7 Å². The molecule has 0 aliphatic carbocycles. The van der Waals surface area contributed by atoms with Crippen LogP contribution in [0.15, 0.2) is 47.4 Å². The lowest BCUT2D eigenvalue weighted by Gasteiger charge is -2.30. The van der Waals surface area contributed by atoms with Gasteiger partial charge in [-0.15, -0.1) is 11.8 Å². The number of aldehydes is 1. The quantitative estimate of drug-likeness (QED) is 0.275. The third kappa shape index (κ3) is 7.28. The standard InChI is InChI=1S/C29H37N3O3S/c1-31(26-14-15-28(34)30-29(26)35)19-25-24(20-33)8-5-9-27(25)36-21-23-12-10-22(11-13-23)7-6-18-32-16-3-2-4-17-32/h5,8-13,20,26H,2-4,6-7,14-19,21H2,1H3,(H,30,34,35). The molecule has 2 aromatic carbocycles. The fraction of sp³-hybridized carbons (Fsp3) is 0.483. The Kier molecular flexibility index (Phi) is 9.73. The van der Waals surface area contributed by atoms with Crippen LogP contribution in [0.5, 0.6) is 0 Å². The molecule has 0 aromatic heterocycles. The van der Waals surface area contributed by atoms with E-state index in [-0.39, 0.29) is 17.9 Å². The number of nitrogens with zero attached hydrogens (tertiary/aromatic N) is 2. The van der Waals surface area contributed by atoms with Crippen molar-refractivity contribution in [1.29, 1.82) is 0 Å². The number of rotatable bonds is 11. The zero-order valence-corrected chi connectivity index (χ0v) is 22.0. The van der Waals surface area contributed by atoms with Crippen molar-refractivity contribution >= 4 is 29.9 Å². The Hall–Kier alpha value is -2.48. The maximum Gasteiger partial charge on any atom is 0.243 e. The van der Waals surface area contributed by atoms with E-state index in [1.54, 1.807) is 11.8 Å². The summed E-state index contributed by atoms with van der Waals surface area (Å²) < 4.78 is 0. The minimum absolute atomic E-state index is 0.220. The van der Waals surface area contributed by atoms with E-state index in [1.807, 2.05) is 30.1 Å². The normalized spacial score (nSPS) is 18.9. The van der Waals surface area contributed by atoms with Gasteiger partial charge >= 0.3 is 0 Å². The minimum atomic E-state index is -0.372. The lowest BCUT2D eigenvalue weighted by Crippen LogP contribution is -2.51. The molecule has 0 radical (unpaired) electrons. The summed E-state index contributed by atoms with van der Waals surface area (Å²) in [5.74, 6) is 0.329. The molecule has 6 nitrogen and oxygen atoms in total. The predicted molar refractivity (Wildman–Crippen MR) is 144 cm³/mol. The Bertz CT molecular complexity index is 1050. The van der Waals surface area contributed by atoms with Crippen LogP contribution in [0.2, 0.25) is 0 Å². The lowest BCUT2D eigenvalue weighted by molar-refractivity contribution is -0.137. The van der Waals surface area contributed by atoms with Gasteiger partial charge in [0.15, 0.2) is 0 Å². The van der Waals surface area contributed by atoms with Crippen molar-refractivity contribution in [3.8, 4) is 0 Å². The number of likely N-dealkylation sites (tertiary alicyclic amines) is 1. The molecule has 2 heterocycles. The van der Waals surface area contributed by atoms with Crippen LogP contribution in [-0.4, -0.2) is 60.6 Å². The first-order valence-electron chi connectivity index (χ1n) is 13.1. The Morgan fingerprint density at radius 1 is 1.06 bits per heavy atom. The van der Waals surface area contributed by atoms with Crippen LogP contribution < -0.4 is 5.32 Å². The summed E-state index contributed by atoms with van der Waals surface area (Å²) in [6.45, 7) is 4.18. The maximum atomic E-state index is 12.3. The van der Waals surface area contributed by atoms with E-state index in [9.17, 15) is 14.4 Å². The number of imide groups is 1. The summed E-state index contributed by atoms with van der Waals surface area (Å²) >= 11 is 1.72. The molecule has 2 aliphatic rings. The third-order valence-corrected chi connectivity index (χ3v) is 8.42. The van der Waals surface area contributed by atoms with Gasteiger partial charge in [0.25, 0.3) is 0 Å². The molecule has 192 valence electrons. The second-order valence-corrected chi connectivity index (χ2v) is 11.0. The topological polar surface area (TPSA) is 69.7 Å². The molecule has 0 spiro atoms. The van der Waals surface area contributed by atoms with Crippen molar-refractivity contribution in [2.24, 2.45) is 0 Å². The second kappa shape index (κ2) is 13.2. The average Bonchev–Trinajstić information content (AvgIpc) is 2.89. The first kappa shape index (κ1) is 26.6. The van der Waals surface area contributed by atoms with E-state index in [1.165, 1.54) is 56.4 Å². The van der Waals surface area contributed by atoms with Crippen molar-refractivity contribution < 1.29 is 14.4 Å². The lowest BCUT2D eigenvalue weighted by atomic mass is 10.0. The van der Waals surface area contributed by atoms with Gasteiger partial charge in [0.05, 0.1) is 6.04 Å². The highest BCUT2D eigenvalue weighted by atomic mass is 32.2. The van der Waals surface area contributed by atoms with E-state index in [0.717, 1.165) is 28.9 Å². The largest absolute Gasteiger partial charge is 0.303 e. The molecule has 0 bridgehead atoms. The number of amides is 2. The van der Waals surface area contributed by atoms with Crippen molar-refractivity contribution in [1.82, 2.24) is 15.1 Å². The van der Waals surface area contributed by atoms with Crippen molar-refractivity contribution in [3.63, 3.8) is 0 Å². The number of aryl methyl sites for hydroxylation is 1. The van der Waals surface area contributed by atoms with Gasteiger partial charge in [-0.3, -0.25) is 24.6 Å². The Morgan fingerprint density at radius 2 is 1.81 bits per heavy atom. The van der Waals surface area contributed by atoms with Crippen LogP contribution in [0, 0.1) is 0 Å². The van der Waals surface area contributed by atoms with Gasteiger partial charge in [-0.1, -0.05) is 42.8 Å². The maximum absolute atomic E-state index is 12.3. The van der Waals surface area contributed by atoms with Crippen molar-refractivity contribution in [2.45, 2.75) is 68.2 Å². The van der Waals surface area contributed by atoms with Gasteiger partial charge in [0.1, 0.15) is 6.29 Å². The number of thioether (sulfide) groups is 1. The molecule has 1 atom stereocenters. The van der Waals surface area contributed by atoms with Gasteiger partial charge in [-0.05, 0) is 81.5 Å². The highest BCUT2D eigenvalue weighted by Gasteiger charge is 2.30. The monoisotopic (exact) mass is 507 g/mol. The Morgan fingerprint density at radius 3 is 2.53 bits per heavy atom. The van der Waals surface area contributed by atoms with Crippen LogP contribution in [0.25, 0.3) is 0 Å². The van der Waals surface area contributed by atoms with Gasteiger partial charge < -0.3 is 4.90 Å². The highest BCUT2D eigenvalue weighted by molar-refractivity contribution is 7.98. The first-order valence-corrected chi connectivity index (χ1v) is 14.1. The zero-order valence-electron chi connectivity index (χ0n) is 21.2. The first-order chi connectivity index (χ1) is 17.5. The number of carbonyl (C=O) groups excluding carboxylic acids is 3. The number of piperidine rings is 2. The Balaban J connectivity index is 1.33. The van der Waals surface area contributed by atoms with Gasteiger partial charge in [0, 0.05) is 29.2 Å². The van der Waals surface area contributed by atoms with Gasteiger partial charge in [-0.25, -0.2) is 0 Å². The SMILES string of the molecule is CN(Cc1c(C=O)cccc1SCc1ccc(CCCN2CCCCC2)cc1)C1CCC(=O)NC1=O. The summed E-state index contributed by atoms with van der Waals surface area (Å²) in [5, 5.41) is 2.42. The molecule has 2 fully saturated rings. The smallest absolute Gasteiger partial charge is 0.243 e. The molecule has 36 heavy (non-hydrogen) atoms. The number of benzene rings is 2. The van der Waals surface area contributed by atoms with E-state index in [4.69, 9.17) is 0 Å². The molecule has 1 unspecified atom stereocenters. The van der Waals surface area contributed by atoms with Crippen molar-refractivity contribution in [2.75, 3.05) is 26.7 Å². The summed E-state index contributed by atoms with van der Waals surface area (Å²) in [6, 6.07) is 14.3. The molecule has 7 heteroatoms. The van der Waals surface area contributed by atoms with Crippen LogP contribution >= 0.6 is 11.8 Å². The van der Waals surface area contributed by atoms with Gasteiger partial charge in [-0.2, -0.15) is 0 Å². The zero-order chi connectivity index (χ0) is 25.3. The molecule has 2 saturated heterocycles. The molecule has 4 rings (SSSR count). The molecule has 2 aromatic rings. The summed E-state index contributed by atoms with van der Waals surface area (Å²) in [6.07, 6.45) is 8.11. The van der Waals surface area contributed by atoms with E-state index in [0.29, 0.717) is 24.9 Å². The van der Waals surface area contributed by atoms with Crippen LogP contribution in [0.1, 0.15) is 65.6 Å². The number of hydrogen-bond acceptors (Lipinski definition) is 6. The second-order valence-electron chi connectivity index (χ2n) is 9.93. The molecule has 2 amide bonds. The number of nitrogens with one attached hydrogen (secondary N) is 1. The fourth-order valence-corrected chi connectivity index (χ4v) is 6.16. The summed E-state index contributed by atoms with van der Waals surface area (Å²) in [5.41, 5.74) is 4.21. The number of hydrogen-bond donors (Lipinski definition) is 1. The molecular formula is C29H37N3O3S. The molecular weight excluding hydrogens is 470 g/mol. The Labute approximate surface area is 218 Å². The molecule has 1 N–H and O–H groups in total. The summed E-state index contributed by atoms with van der Waals surface area (Å²) in [4.78, 5) is 41.2. The van der Waals surface area contributed by atoms with Crippen LogP contribution in [-0.2, 0) is 28.3 Å². The average molecular weight is 508 g/mol. The predicted octanol–water partition coefficient (Wildman–Crippen LogP) is 4.45. The molecule has 0 saturated carbocycles.